The van der Waals surface area contributed by atoms with Crippen LogP contribution in [0.3, 0.4) is 0 Å². The molecule has 3 N–H and O–H groups in total. The maximum absolute atomic E-state index is 5.91. The summed E-state index contributed by atoms with van der Waals surface area (Å²) in [6, 6.07) is 9.46. The number of fused-ring (bicyclic) bond motifs is 1. The number of aryl methyl sites for hydroxylation is 1. The molecule has 1 aliphatic carbocycles. The van der Waals surface area contributed by atoms with Gasteiger partial charge in [-0.05, 0) is 55.1 Å². The molecule has 1 aliphatic rings. The van der Waals surface area contributed by atoms with Crippen LogP contribution in [0.5, 0.6) is 0 Å². The summed E-state index contributed by atoms with van der Waals surface area (Å²) in [6.45, 7) is 4.58. The lowest BCUT2D eigenvalue weighted by Gasteiger charge is -2.32. The number of benzene rings is 1. The molecular weight excluding hydrogens is 256 g/mol. The van der Waals surface area contributed by atoms with E-state index in [4.69, 9.17) is 5.84 Å². The molecule has 0 amide bonds. The first-order valence-corrected chi connectivity index (χ1v) is 8.84. The highest BCUT2D eigenvalue weighted by Gasteiger charge is 2.26. The fourth-order valence-corrected chi connectivity index (χ4v) is 3.96. The van der Waals surface area contributed by atoms with Crippen LogP contribution in [0.2, 0.25) is 0 Å². The highest BCUT2D eigenvalue weighted by molar-refractivity contribution is 5.32. The molecule has 3 unspecified atom stereocenters. The van der Waals surface area contributed by atoms with Crippen LogP contribution in [0, 0.1) is 5.92 Å². The van der Waals surface area contributed by atoms with Gasteiger partial charge in [0, 0.05) is 6.04 Å². The average Bonchev–Trinajstić information content (AvgIpc) is 2.54. The van der Waals surface area contributed by atoms with Gasteiger partial charge in [-0.15, -0.1) is 0 Å². The van der Waals surface area contributed by atoms with Crippen LogP contribution in [0.15, 0.2) is 24.3 Å². The molecule has 0 aromatic heterocycles. The van der Waals surface area contributed by atoms with E-state index < -0.39 is 0 Å². The Bertz CT molecular complexity index is 416. The first kappa shape index (κ1) is 16.5. The van der Waals surface area contributed by atoms with Gasteiger partial charge in [0.25, 0.3) is 0 Å². The topological polar surface area (TPSA) is 38.0 Å². The van der Waals surface area contributed by atoms with Gasteiger partial charge in [0.05, 0.1) is 0 Å². The molecule has 1 aromatic rings. The van der Waals surface area contributed by atoms with Crippen molar-refractivity contribution >= 4 is 0 Å². The molecule has 0 heterocycles. The van der Waals surface area contributed by atoms with Gasteiger partial charge in [0.2, 0.25) is 0 Å². The van der Waals surface area contributed by atoms with Crippen molar-refractivity contribution in [1.29, 1.82) is 0 Å². The van der Waals surface area contributed by atoms with E-state index >= 15 is 0 Å². The van der Waals surface area contributed by atoms with Crippen molar-refractivity contribution in [2.75, 3.05) is 0 Å². The molecule has 0 saturated carbocycles. The SMILES string of the molecule is CCCCC(CC)C(CC1CCCc2ccccc21)NN. The van der Waals surface area contributed by atoms with E-state index in [2.05, 4.69) is 43.5 Å². The summed E-state index contributed by atoms with van der Waals surface area (Å²) in [7, 11) is 0. The van der Waals surface area contributed by atoms with Crippen molar-refractivity contribution in [1.82, 2.24) is 5.43 Å². The fourth-order valence-electron chi connectivity index (χ4n) is 3.96. The summed E-state index contributed by atoms with van der Waals surface area (Å²) in [5.41, 5.74) is 6.28. The maximum Gasteiger partial charge on any atom is 0.0244 e. The van der Waals surface area contributed by atoms with E-state index in [1.807, 2.05) is 0 Å². The number of hydrogen-bond donors (Lipinski definition) is 2. The molecule has 0 aliphatic heterocycles. The first-order chi connectivity index (χ1) is 10.3. The molecule has 2 rings (SSSR count). The van der Waals surface area contributed by atoms with Crippen LogP contribution in [-0.2, 0) is 6.42 Å². The summed E-state index contributed by atoms with van der Waals surface area (Å²) in [5.74, 6) is 7.31. The summed E-state index contributed by atoms with van der Waals surface area (Å²) in [6.07, 6.45) is 10.2. The number of hydrogen-bond acceptors (Lipinski definition) is 2. The Hall–Kier alpha value is -0.860. The first-order valence-electron chi connectivity index (χ1n) is 8.84. The smallest absolute Gasteiger partial charge is 0.0244 e. The normalized spacial score (nSPS) is 20.8. The van der Waals surface area contributed by atoms with E-state index in [9.17, 15) is 0 Å². The van der Waals surface area contributed by atoms with Crippen molar-refractivity contribution in [3.05, 3.63) is 35.4 Å². The third-order valence-electron chi connectivity index (χ3n) is 5.27. The summed E-state index contributed by atoms with van der Waals surface area (Å²) in [5, 5.41) is 0. The molecule has 0 bridgehead atoms. The number of rotatable bonds is 8. The maximum atomic E-state index is 5.91. The molecule has 3 atom stereocenters. The van der Waals surface area contributed by atoms with E-state index in [1.165, 1.54) is 51.4 Å². The molecule has 0 fully saturated rings. The Morgan fingerprint density at radius 1 is 1.29 bits per heavy atom. The van der Waals surface area contributed by atoms with Gasteiger partial charge < -0.3 is 0 Å². The van der Waals surface area contributed by atoms with Crippen molar-refractivity contribution in [2.24, 2.45) is 11.8 Å². The van der Waals surface area contributed by atoms with Crippen molar-refractivity contribution in [3.8, 4) is 0 Å². The Kier molecular flexibility index (Phi) is 6.72. The molecule has 2 heteroatoms. The average molecular weight is 288 g/mol. The van der Waals surface area contributed by atoms with Gasteiger partial charge in [-0.2, -0.15) is 0 Å². The van der Waals surface area contributed by atoms with Crippen LogP contribution in [0.1, 0.15) is 75.8 Å². The van der Waals surface area contributed by atoms with Crippen LogP contribution in [0.25, 0.3) is 0 Å². The highest BCUT2D eigenvalue weighted by atomic mass is 15.2. The summed E-state index contributed by atoms with van der Waals surface area (Å²) in [4.78, 5) is 0. The lowest BCUT2D eigenvalue weighted by Crippen LogP contribution is -2.42. The van der Waals surface area contributed by atoms with E-state index in [-0.39, 0.29) is 0 Å². The van der Waals surface area contributed by atoms with Crippen molar-refractivity contribution in [2.45, 2.75) is 77.2 Å². The van der Waals surface area contributed by atoms with Crippen LogP contribution < -0.4 is 11.3 Å². The zero-order chi connectivity index (χ0) is 15.1. The predicted octanol–water partition coefficient (Wildman–Crippen LogP) is 4.54. The molecule has 1 aromatic carbocycles. The lowest BCUT2D eigenvalue weighted by molar-refractivity contribution is 0.283. The summed E-state index contributed by atoms with van der Waals surface area (Å²) >= 11 is 0. The highest BCUT2D eigenvalue weighted by Crippen LogP contribution is 2.36. The zero-order valence-electron chi connectivity index (χ0n) is 13.8. The Morgan fingerprint density at radius 3 is 2.81 bits per heavy atom. The van der Waals surface area contributed by atoms with Crippen molar-refractivity contribution < 1.29 is 0 Å². The molecule has 0 radical (unpaired) electrons. The van der Waals surface area contributed by atoms with E-state index in [0.29, 0.717) is 17.9 Å². The van der Waals surface area contributed by atoms with Gasteiger partial charge in [-0.3, -0.25) is 11.3 Å². The van der Waals surface area contributed by atoms with E-state index in [0.717, 1.165) is 0 Å². The number of hydrazine groups is 1. The fraction of sp³-hybridized carbons (Fsp3) is 0.684. The van der Waals surface area contributed by atoms with Gasteiger partial charge in [0.15, 0.2) is 0 Å². The minimum absolute atomic E-state index is 0.456. The Morgan fingerprint density at radius 2 is 2.10 bits per heavy atom. The minimum Gasteiger partial charge on any atom is -0.271 e. The largest absolute Gasteiger partial charge is 0.271 e. The molecule has 0 spiro atoms. The second-order valence-electron chi connectivity index (χ2n) is 6.61. The van der Waals surface area contributed by atoms with Crippen molar-refractivity contribution in [3.63, 3.8) is 0 Å². The standard InChI is InChI=1S/C19H32N2/c1-3-5-9-15(4-2)19(21-20)14-17-12-8-11-16-10-6-7-13-18(16)17/h6-7,10,13,15,17,19,21H,3-5,8-9,11-12,14,20H2,1-2H3. The quantitative estimate of drug-likeness (QED) is 0.544. The predicted molar refractivity (Wildman–Crippen MR) is 91.2 cm³/mol. The second-order valence-corrected chi connectivity index (χ2v) is 6.61. The monoisotopic (exact) mass is 288 g/mol. The van der Waals surface area contributed by atoms with Crippen LogP contribution in [0.4, 0.5) is 0 Å². The van der Waals surface area contributed by atoms with Crippen LogP contribution >= 0.6 is 0 Å². The third kappa shape index (κ3) is 4.31. The molecule has 2 nitrogen and oxygen atoms in total. The Balaban J connectivity index is 2.05. The zero-order valence-corrected chi connectivity index (χ0v) is 13.8. The van der Waals surface area contributed by atoms with Crippen LogP contribution in [-0.4, -0.2) is 6.04 Å². The Labute approximate surface area is 130 Å². The summed E-state index contributed by atoms with van der Waals surface area (Å²) < 4.78 is 0. The third-order valence-corrected chi connectivity index (χ3v) is 5.27. The minimum atomic E-state index is 0.456. The van der Waals surface area contributed by atoms with E-state index in [1.54, 1.807) is 11.1 Å². The molecule has 0 saturated heterocycles. The number of nitrogens with one attached hydrogen (secondary N) is 1. The molecule has 118 valence electrons. The lowest BCUT2D eigenvalue weighted by atomic mass is 9.77. The molecular formula is C19H32N2. The molecule has 21 heavy (non-hydrogen) atoms. The number of nitrogens with two attached hydrogens (primary N) is 1. The van der Waals surface area contributed by atoms with Gasteiger partial charge in [-0.25, -0.2) is 0 Å². The van der Waals surface area contributed by atoms with Gasteiger partial charge >= 0.3 is 0 Å². The van der Waals surface area contributed by atoms with Gasteiger partial charge in [0.1, 0.15) is 0 Å². The second kappa shape index (κ2) is 8.55. The number of unbranched alkanes of at least 4 members (excludes halogenated alkanes) is 1. The van der Waals surface area contributed by atoms with Gasteiger partial charge in [-0.1, -0.05) is 57.4 Å².